The molecule has 0 radical (unpaired) electrons. The monoisotopic (exact) mass is 480 g/mol. The minimum absolute atomic E-state index is 0.0332. The van der Waals surface area contributed by atoms with Crippen LogP contribution in [0.25, 0.3) is 0 Å². The molecule has 0 spiro atoms. The normalized spacial score (nSPS) is 12.7. The first-order valence-corrected chi connectivity index (χ1v) is 11.5. The Kier molecular flexibility index (Phi) is 7.40. The maximum absolute atomic E-state index is 13.1. The third-order valence-electron chi connectivity index (χ3n) is 4.56. The van der Waals surface area contributed by atoms with Crippen molar-refractivity contribution >= 4 is 43.4 Å². The SMILES string of the molecule is CC(C)c1cc(Br)c(NS(=O)(=O)c2cccc(C(C)O)c2)c(C(C)C)c1N=C=O. The number of halogens is 1. The highest BCUT2D eigenvalue weighted by molar-refractivity contribution is 9.10. The average molecular weight is 481 g/mol. The van der Waals surface area contributed by atoms with Crippen molar-refractivity contribution in [1.29, 1.82) is 0 Å². The van der Waals surface area contributed by atoms with E-state index >= 15 is 0 Å². The van der Waals surface area contributed by atoms with E-state index < -0.39 is 16.1 Å². The smallest absolute Gasteiger partial charge is 0.261 e. The molecule has 156 valence electrons. The number of nitrogens with zero attached hydrogens (tertiary/aromatic N) is 1. The Bertz CT molecular complexity index is 1060. The van der Waals surface area contributed by atoms with Crippen LogP contribution in [0.4, 0.5) is 11.4 Å². The number of rotatable bonds is 7. The van der Waals surface area contributed by atoms with Gasteiger partial charge in [0.05, 0.1) is 22.4 Å². The fourth-order valence-corrected chi connectivity index (χ4v) is 4.94. The van der Waals surface area contributed by atoms with Gasteiger partial charge in [0.1, 0.15) is 0 Å². The number of hydrogen-bond donors (Lipinski definition) is 2. The van der Waals surface area contributed by atoms with Crippen molar-refractivity contribution in [3.63, 3.8) is 0 Å². The van der Waals surface area contributed by atoms with E-state index in [-0.39, 0.29) is 16.7 Å². The van der Waals surface area contributed by atoms with Gasteiger partial charge in [0.2, 0.25) is 6.08 Å². The van der Waals surface area contributed by atoms with Gasteiger partial charge in [0, 0.05) is 10.0 Å². The number of aliphatic hydroxyl groups is 1. The lowest BCUT2D eigenvalue weighted by Gasteiger charge is -2.22. The number of aliphatic hydroxyl groups excluding tert-OH is 1. The van der Waals surface area contributed by atoms with Gasteiger partial charge in [-0.3, -0.25) is 4.72 Å². The molecule has 0 aliphatic carbocycles. The highest BCUT2D eigenvalue weighted by Gasteiger charge is 2.25. The molecule has 8 heteroatoms. The molecule has 0 bridgehead atoms. The van der Waals surface area contributed by atoms with E-state index in [4.69, 9.17) is 0 Å². The van der Waals surface area contributed by atoms with E-state index in [1.807, 2.05) is 27.7 Å². The average Bonchev–Trinajstić information content (AvgIpc) is 2.63. The van der Waals surface area contributed by atoms with E-state index in [0.29, 0.717) is 27.0 Å². The van der Waals surface area contributed by atoms with E-state index in [9.17, 15) is 18.3 Å². The second-order valence-corrected chi connectivity index (χ2v) is 9.99. The predicted molar refractivity (Wildman–Crippen MR) is 118 cm³/mol. The highest BCUT2D eigenvalue weighted by Crippen LogP contribution is 2.44. The third-order valence-corrected chi connectivity index (χ3v) is 6.54. The first-order chi connectivity index (χ1) is 13.5. The lowest BCUT2D eigenvalue weighted by molar-refractivity contribution is 0.199. The van der Waals surface area contributed by atoms with Crippen molar-refractivity contribution in [3.8, 4) is 0 Å². The van der Waals surface area contributed by atoms with Crippen LogP contribution in [-0.4, -0.2) is 19.6 Å². The molecule has 2 rings (SSSR count). The lowest BCUT2D eigenvalue weighted by Crippen LogP contribution is -2.16. The van der Waals surface area contributed by atoms with Crippen molar-refractivity contribution in [1.82, 2.24) is 0 Å². The minimum Gasteiger partial charge on any atom is -0.389 e. The third kappa shape index (κ3) is 5.14. The molecule has 6 nitrogen and oxygen atoms in total. The second kappa shape index (κ2) is 9.22. The lowest BCUT2D eigenvalue weighted by atomic mass is 9.91. The van der Waals surface area contributed by atoms with Gasteiger partial charge in [0.25, 0.3) is 10.0 Å². The number of hydrogen-bond acceptors (Lipinski definition) is 5. The summed E-state index contributed by atoms with van der Waals surface area (Å²) in [5.74, 6) is -0.0390. The molecule has 2 aromatic rings. The summed E-state index contributed by atoms with van der Waals surface area (Å²) in [4.78, 5) is 15.0. The summed E-state index contributed by atoms with van der Waals surface area (Å²) in [5.41, 5.74) is 2.70. The van der Waals surface area contributed by atoms with Crippen LogP contribution in [0.15, 0.2) is 44.7 Å². The molecule has 1 unspecified atom stereocenters. The number of nitrogens with one attached hydrogen (secondary N) is 1. The van der Waals surface area contributed by atoms with E-state index in [2.05, 4.69) is 25.6 Å². The second-order valence-electron chi connectivity index (χ2n) is 7.45. The van der Waals surface area contributed by atoms with Crippen LogP contribution in [0.1, 0.15) is 69.2 Å². The maximum Gasteiger partial charge on any atom is 0.261 e. The van der Waals surface area contributed by atoms with Gasteiger partial charge in [-0.2, -0.15) is 4.99 Å². The topological polar surface area (TPSA) is 95.8 Å². The van der Waals surface area contributed by atoms with Crippen LogP contribution < -0.4 is 4.72 Å². The van der Waals surface area contributed by atoms with Crippen molar-refractivity contribution in [2.45, 2.75) is 57.5 Å². The van der Waals surface area contributed by atoms with E-state index in [1.165, 1.54) is 12.1 Å². The standard InChI is InChI=1S/C21H25BrN2O4S/c1-12(2)17-10-18(22)21(19(13(3)4)20(17)23-11-25)24-29(27,28)16-8-6-7-15(9-16)14(5)26/h6-10,12-14,24,26H,1-5H3. The maximum atomic E-state index is 13.1. The summed E-state index contributed by atoms with van der Waals surface area (Å²) in [6.45, 7) is 9.33. The quantitative estimate of drug-likeness (QED) is 0.402. The summed E-state index contributed by atoms with van der Waals surface area (Å²) in [5, 5.41) is 9.77. The largest absolute Gasteiger partial charge is 0.389 e. The molecule has 0 saturated carbocycles. The molecule has 2 aromatic carbocycles. The Morgan fingerprint density at radius 1 is 1.10 bits per heavy atom. The fraction of sp³-hybridized carbons (Fsp3) is 0.381. The van der Waals surface area contributed by atoms with Crippen LogP contribution >= 0.6 is 15.9 Å². The number of sulfonamides is 1. The van der Waals surface area contributed by atoms with Crippen LogP contribution in [-0.2, 0) is 14.8 Å². The zero-order valence-corrected chi connectivity index (χ0v) is 19.4. The van der Waals surface area contributed by atoms with E-state index in [1.54, 1.807) is 31.2 Å². The van der Waals surface area contributed by atoms with Crippen molar-refractivity contribution in [2.75, 3.05) is 4.72 Å². The van der Waals surface area contributed by atoms with Gasteiger partial charge in [-0.05, 0) is 64.0 Å². The number of aliphatic imine (C=N–C) groups is 1. The van der Waals surface area contributed by atoms with Gasteiger partial charge in [-0.25, -0.2) is 13.2 Å². The van der Waals surface area contributed by atoms with Crippen LogP contribution in [0, 0.1) is 0 Å². The molecule has 0 aliphatic heterocycles. The zero-order chi connectivity index (χ0) is 21.9. The number of benzene rings is 2. The Labute approximate surface area is 180 Å². The van der Waals surface area contributed by atoms with Crippen LogP contribution in [0.5, 0.6) is 0 Å². The molecule has 1 atom stereocenters. The molecule has 0 aromatic heterocycles. The van der Waals surface area contributed by atoms with Gasteiger partial charge in [-0.1, -0.05) is 39.8 Å². The number of carbonyl (C=O) groups excluding carboxylic acids is 1. The summed E-state index contributed by atoms with van der Waals surface area (Å²) in [6, 6.07) is 7.91. The summed E-state index contributed by atoms with van der Waals surface area (Å²) in [7, 11) is -3.94. The van der Waals surface area contributed by atoms with Gasteiger partial charge in [-0.15, -0.1) is 0 Å². The first-order valence-electron chi connectivity index (χ1n) is 9.24. The molecular weight excluding hydrogens is 456 g/mol. The Morgan fingerprint density at radius 3 is 2.28 bits per heavy atom. The first kappa shape index (κ1) is 23.3. The summed E-state index contributed by atoms with van der Waals surface area (Å²) < 4.78 is 29.3. The van der Waals surface area contributed by atoms with E-state index in [0.717, 1.165) is 5.56 Å². The highest BCUT2D eigenvalue weighted by atomic mass is 79.9. The molecule has 0 heterocycles. The van der Waals surface area contributed by atoms with Gasteiger partial charge < -0.3 is 5.11 Å². The fourth-order valence-electron chi connectivity index (χ4n) is 3.09. The molecule has 0 fully saturated rings. The van der Waals surface area contributed by atoms with Crippen LogP contribution in [0.2, 0.25) is 0 Å². The number of anilines is 1. The molecule has 29 heavy (non-hydrogen) atoms. The number of isocyanates is 1. The van der Waals surface area contributed by atoms with Crippen molar-refractivity contribution in [3.05, 3.63) is 51.5 Å². The van der Waals surface area contributed by atoms with Gasteiger partial charge >= 0.3 is 0 Å². The Morgan fingerprint density at radius 2 is 1.76 bits per heavy atom. The molecular formula is C21H25BrN2O4S. The molecule has 2 N–H and O–H groups in total. The molecule has 0 saturated heterocycles. The minimum atomic E-state index is -3.94. The summed E-state index contributed by atoms with van der Waals surface area (Å²) in [6.07, 6.45) is 0.801. The van der Waals surface area contributed by atoms with Crippen molar-refractivity contribution < 1.29 is 18.3 Å². The zero-order valence-electron chi connectivity index (χ0n) is 17.0. The molecule has 0 aliphatic rings. The Hall–Kier alpha value is -1.99. The predicted octanol–water partition coefficient (Wildman–Crippen LogP) is 5.52. The van der Waals surface area contributed by atoms with Crippen LogP contribution in [0.3, 0.4) is 0 Å². The summed E-state index contributed by atoms with van der Waals surface area (Å²) >= 11 is 3.48. The van der Waals surface area contributed by atoms with Crippen molar-refractivity contribution in [2.24, 2.45) is 4.99 Å². The Balaban J connectivity index is 2.70. The van der Waals surface area contributed by atoms with Gasteiger partial charge in [0.15, 0.2) is 0 Å². The molecule has 0 amide bonds.